The Balaban J connectivity index is 2.44. The molecule has 2 rings (SSSR count). The molecule has 0 aliphatic rings. The number of nitrogens with zero attached hydrogens (tertiary/aromatic N) is 3. The third-order valence-electron chi connectivity index (χ3n) is 3.70. The molecular weight excluding hydrogens is 382 g/mol. The number of carbonyl (C=O) groups is 3. The lowest BCUT2D eigenvalue weighted by atomic mass is 10.1. The molecule has 0 radical (unpaired) electrons. The molecule has 0 aliphatic carbocycles. The number of carbonyl (C=O) groups excluding carboxylic acids is 3. The zero-order valence-corrected chi connectivity index (χ0v) is 16.6. The van der Waals surface area contributed by atoms with Crippen molar-refractivity contribution >= 4 is 17.9 Å². The Kier molecular flexibility index (Phi) is 7.84. The van der Waals surface area contributed by atoms with E-state index in [2.05, 4.69) is 10.2 Å². The fraction of sp³-hybridized carbons (Fsp3) is 0.421. The Hall–Kier alpha value is -3.27. The molecule has 156 valence electrons. The number of aromatic nitrogens is 3. The highest BCUT2D eigenvalue weighted by Gasteiger charge is 2.39. The molecule has 0 saturated carbocycles. The van der Waals surface area contributed by atoms with Gasteiger partial charge in [-0.05, 0) is 12.1 Å². The summed E-state index contributed by atoms with van der Waals surface area (Å²) in [4.78, 5) is 36.3. The van der Waals surface area contributed by atoms with E-state index in [1.54, 1.807) is 12.1 Å². The Morgan fingerprint density at radius 1 is 0.966 bits per heavy atom. The molecular formula is C19H23N3O7. The fourth-order valence-corrected chi connectivity index (χ4v) is 2.66. The molecule has 1 aromatic carbocycles. The van der Waals surface area contributed by atoms with Gasteiger partial charge in [-0.15, -0.1) is 5.10 Å². The zero-order valence-electron chi connectivity index (χ0n) is 16.6. The normalized spacial score (nSPS) is 13.8. The van der Waals surface area contributed by atoms with Crippen molar-refractivity contribution in [1.82, 2.24) is 15.0 Å². The maximum atomic E-state index is 11.7. The zero-order chi connectivity index (χ0) is 21.4. The van der Waals surface area contributed by atoms with E-state index in [-0.39, 0.29) is 12.3 Å². The van der Waals surface area contributed by atoms with Gasteiger partial charge in [-0.1, -0.05) is 18.2 Å². The van der Waals surface area contributed by atoms with Gasteiger partial charge in [-0.3, -0.25) is 14.4 Å². The van der Waals surface area contributed by atoms with Crippen molar-refractivity contribution in [1.29, 1.82) is 0 Å². The summed E-state index contributed by atoms with van der Waals surface area (Å²) in [5, 5.41) is 8.52. The summed E-state index contributed by atoms with van der Waals surface area (Å²) in [5.41, 5.74) is 0.890. The number of rotatable bonds is 9. The topological polar surface area (TPSA) is 119 Å². The molecule has 10 heteroatoms. The standard InChI is InChI=1S/C19H23N3O7/c1-12(23)27-17(11-26-4)19(29-14(3)25)18(28-13(2)24)16-10-20-22(21-16)15-8-6-5-7-9-15/h5-10,17-19H,11H2,1-4H3. The lowest BCUT2D eigenvalue weighted by molar-refractivity contribution is -0.188. The molecule has 29 heavy (non-hydrogen) atoms. The average Bonchev–Trinajstić information content (AvgIpc) is 3.14. The predicted molar refractivity (Wildman–Crippen MR) is 98.9 cm³/mol. The van der Waals surface area contributed by atoms with Gasteiger partial charge in [0.15, 0.2) is 18.3 Å². The van der Waals surface area contributed by atoms with Crippen molar-refractivity contribution in [3.63, 3.8) is 0 Å². The smallest absolute Gasteiger partial charge is 0.303 e. The van der Waals surface area contributed by atoms with Gasteiger partial charge in [0, 0.05) is 27.9 Å². The van der Waals surface area contributed by atoms with Gasteiger partial charge in [-0.25, -0.2) is 0 Å². The predicted octanol–water partition coefficient (Wildman–Crippen LogP) is 1.38. The Morgan fingerprint density at radius 2 is 1.59 bits per heavy atom. The second kappa shape index (κ2) is 10.3. The lowest BCUT2D eigenvalue weighted by Gasteiger charge is -2.30. The monoisotopic (exact) mass is 405 g/mol. The Morgan fingerprint density at radius 3 is 2.14 bits per heavy atom. The first-order valence-electron chi connectivity index (χ1n) is 8.80. The minimum Gasteiger partial charge on any atom is -0.456 e. The van der Waals surface area contributed by atoms with Crippen molar-refractivity contribution in [2.75, 3.05) is 13.7 Å². The fourth-order valence-electron chi connectivity index (χ4n) is 2.66. The third kappa shape index (κ3) is 6.39. The van der Waals surface area contributed by atoms with Gasteiger partial charge in [0.05, 0.1) is 18.5 Å². The molecule has 0 N–H and O–H groups in total. The van der Waals surface area contributed by atoms with Crippen LogP contribution >= 0.6 is 0 Å². The van der Waals surface area contributed by atoms with Gasteiger partial charge >= 0.3 is 17.9 Å². The van der Waals surface area contributed by atoms with Crippen LogP contribution in [-0.4, -0.2) is 58.8 Å². The molecule has 0 aliphatic heterocycles. The van der Waals surface area contributed by atoms with E-state index < -0.39 is 36.2 Å². The molecule has 0 amide bonds. The van der Waals surface area contributed by atoms with E-state index in [9.17, 15) is 14.4 Å². The maximum Gasteiger partial charge on any atom is 0.303 e. The Bertz CT molecular complexity index is 837. The molecule has 2 aromatic rings. The third-order valence-corrected chi connectivity index (χ3v) is 3.70. The highest BCUT2D eigenvalue weighted by molar-refractivity contribution is 5.68. The van der Waals surface area contributed by atoms with E-state index in [0.29, 0.717) is 5.69 Å². The van der Waals surface area contributed by atoms with Gasteiger partial charge < -0.3 is 18.9 Å². The number of para-hydroxylation sites is 1. The van der Waals surface area contributed by atoms with Crippen LogP contribution in [0.4, 0.5) is 0 Å². The number of methoxy groups -OCH3 is 1. The van der Waals surface area contributed by atoms with Crippen LogP contribution in [-0.2, 0) is 33.3 Å². The largest absolute Gasteiger partial charge is 0.456 e. The maximum absolute atomic E-state index is 11.7. The first-order valence-corrected chi connectivity index (χ1v) is 8.80. The quantitative estimate of drug-likeness (QED) is 0.450. The van der Waals surface area contributed by atoms with E-state index in [1.807, 2.05) is 18.2 Å². The minimum absolute atomic E-state index is 0.0951. The number of benzene rings is 1. The number of ether oxygens (including phenoxy) is 4. The van der Waals surface area contributed by atoms with Crippen molar-refractivity contribution in [2.24, 2.45) is 0 Å². The van der Waals surface area contributed by atoms with Gasteiger partial charge in [0.1, 0.15) is 5.69 Å². The van der Waals surface area contributed by atoms with Gasteiger partial charge in [0.2, 0.25) is 0 Å². The van der Waals surface area contributed by atoms with Crippen LogP contribution in [0.15, 0.2) is 36.5 Å². The van der Waals surface area contributed by atoms with E-state index in [4.69, 9.17) is 18.9 Å². The number of hydrogen-bond acceptors (Lipinski definition) is 9. The molecule has 0 saturated heterocycles. The van der Waals surface area contributed by atoms with Crippen molar-refractivity contribution in [2.45, 2.75) is 39.1 Å². The van der Waals surface area contributed by atoms with Crippen LogP contribution in [0.1, 0.15) is 32.6 Å². The number of hydrogen-bond donors (Lipinski definition) is 0. The van der Waals surface area contributed by atoms with Crippen molar-refractivity contribution < 1.29 is 33.3 Å². The first kappa shape index (κ1) is 22.0. The van der Waals surface area contributed by atoms with Crippen molar-refractivity contribution in [3.05, 3.63) is 42.2 Å². The first-order chi connectivity index (χ1) is 13.8. The van der Waals surface area contributed by atoms with E-state index in [0.717, 1.165) is 0 Å². The summed E-state index contributed by atoms with van der Waals surface area (Å²) in [5.74, 6) is -1.91. The molecule has 3 atom stereocenters. The molecule has 0 bridgehead atoms. The summed E-state index contributed by atoms with van der Waals surface area (Å²) in [6.07, 6.45) is -2.02. The van der Waals surface area contributed by atoms with Gasteiger partial charge in [0.25, 0.3) is 0 Å². The Labute approximate surface area is 167 Å². The highest BCUT2D eigenvalue weighted by Crippen LogP contribution is 2.27. The van der Waals surface area contributed by atoms with Crippen LogP contribution in [0.3, 0.4) is 0 Å². The molecule has 1 heterocycles. The summed E-state index contributed by atoms with van der Waals surface area (Å²) in [6, 6.07) is 9.07. The van der Waals surface area contributed by atoms with Crippen LogP contribution in [0.5, 0.6) is 0 Å². The highest BCUT2D eigenvalue weighted by atomic mass is 16.6. The average molecular weight is 405 g/mol. The summed E-state index contributed by atoms with van der Waals surface area (Å²) in [6.45, 7) is 3.51. The van der Waals surface area contributed by atoms with Crippen molar-refractivity contribution in [3.8, 4) is 5.69 Å². The van der Waals surface area contributed by atoms with Crippen LogP contribution in [0.25, 0.3) is 5.69 Å². The van der Waals surface area contributed by atoms with Crippen LogP contribution in [0, 0.1) is 0 Å². The summed E-state index contributed by atoms with van der Waals surface area (Å²) < 4.78 is 21.1. The van der Waals surface area contributed by atoms with E-state index >= 15 is 0 Å². The summed E-state index contributed by atoms with van der Waals surface area (Å²) >= 11 is 0. The molecule has 10 nitrogen and oxygen atoms in total. The molecule has 0 spiro atoms. The van der Waals surface area contributed by atoms with Gasteiger partial charge in [-0.2, -0.15) is 9.90 Å². The molecule has 1 aromatic heterocycles. The SMILES string of the molecule is COCC(OC(C)=O)C(OC(C)=O)C(OC(C)=O)c1cnn(-c2ccccc2)n1. The molecule has 3 unspecified atom stereocenters. The minimum atomic E-state index is -1.19. The van der Waals surface area contributed by atoms with Crippen LogP contribution in [0.2, 0.25) is 0 Å². The second-order valence-corrected chi connectivity index (χ2v) is 6.10. The van der Waals surface area contributed by atoms with Crippen LogP contribution < -0.4 is 0 Å². The molecule has 0 fully saturated rings. The second-order valence-electron chi connectivity index (χ2n) is 6.10. The number of esters is 3. The lowest BCUT2D eigenvalue weighted by Crippen LogP contribution is -2.43. The summed E-state index contributed by atoms with van der Waals surface area (Å²) in [7, 11) is 1.40. The van der Waals surface area contributed by atoms with E-state index in [1.165, 1.54) is 38.9 Å².